The third-order valence-corrected chi connectivity index (χ3v) is 4.48. The highest BCUT2D eigenvalue weighted by Crippen LogP contribution is 2.40. The van der Waals surface area contributed by atoms with Gasteiger partial charge in [-0.25, -0.2) is 9.97 Å². The number of rotatable bonds is 2. The summed E-state index contributed by atoms with van der Waals surface area (Å²) in [6, 6.07) is 11.7. The van der Waals surface area contributed by atoms with Crippen LogP contribution >= 0.6 is 0 Å². The number of carbonyl (C=O) groups is 1. The molecule has 1 aliphatic rings. The molecule has 1 aliphatic heterocycles. The van der Waals surface area contributed by atoms with E-state index in [-0.39, 0.29) is 11.3 Å². The molecule has 0 spiro atoms. The van der Waals surface area contributed by atoms with Crippen LogP contribution in [0.3, 0.4) is 0 Å². The van der Waals surface area contributed by atoms with E-state index < -0.39 is 0 Å². The first-order valence-electron chi connectivity index (χ1n) is 7.92. The Kier molecular flexibility index (Phi) is 3.23. The maximum Gasteiger partial charge on any atom is 0.258 e. The fourth-order valence-electron chi connectivity index (χ4n) is 3.27. The first-order chi connectivity index (χ1) is 11.6. The summed E-state index contributed by atoms with van der Waals surface area (Å²) >= 11 is 0. The van der Waals surface area contributed by atoms with Gasteiger partial charge in [0.15, 0.2) is 0 Å². The van der Waals surface area contributed by atoms with Crippen LogP contribution < -0.4 is 4.90 Å². The third kappa shape index (κ3) is 2.29. The Morgan fingerprint density at radius 3 is 2.79 bits per heavy atom. The molecule has 0 atom stereocenters. The van der Waals surface area contributed by atoms with Gasteiger partial charge in [0.05, 0.1) is 0 Å². The molecule has 0 bridgehead atoms. The van der Waals surface area contributed by atoms with Gasteiger partial charge in [-0.1, -0.05) is 32.0 Å². The first-order valence-corrected chi connectivity index (χ1v) is 7.92. The molecule has 3 aromatic rings. The van der Waals surface area contributed by atoms with Crippen molar-refractivity contribution in [1.82, 2.24) is 14.5 Å². The fourth-order valence-corrected chi connectivity index (χ4v) is 3.27. The Morgan fingerprint density at radius 1 is 1.17 bits per heavy atom. The minimum absolute atomic E-state index is 0.00297. The number of pyridine rings is 1. The number of hydrogen-bond donors (Lipinski definition) is 0. The van der Waals surface area contributed by atoms with E-state index in [9.17, 15) is 4.79 Å². The van der Waals surface area contributed by atoms with Crippen molar-refractivity contribution in [3.63, 3.8) is 0 Å². The Bertz CT molecular complexity index is 899. The highest BCUT2D eigenvalue weighted by Gasteiger charge is 2.37. The van der Waals surface area contributed by atoms with Crippen LogP contribution in [0.25, 0.3) is 5.82 Å². The summed E-state index contributed by atoms with van der Waals surface area (Å²) in [5, 5.41) is 0. The standard InChI is InChI=1S/C19H18N4O/c1-19(2)12-23(16-6-4-3-5-15(16)19)18(24)14-7-8-21-17(11-14)22-10-9-20-13-22/h3-11,13H,12H2,1-2H3. The molecule has 0 aliphatic carbocycles. The molecule has 4 rings (SSSR count). The molecule has 0 radical (unpaired) electrons. The molecule has 0 unspecified atom stereocenters. The predicted octanol–water partition coefficient (Wildman–Crippen LogP) is 3.21. The lowest BCUT2D eigenvalue weighted by atomic mass is 9.87. The van der Waals surface area contributed by atoms with Crippen molar-refractivity contribution in [1.29, 1.82) is 0 Å². The minimum Gasteiger partial charge on any atom is -0.307 e. The van der Waals surface area contributed by atoms with Crippen molar-refractivity contribution in [2.45, 2.75) is 19.3 Å². The molecule has 1 amide bonds. The van der Waals surface area contributed by atoms with Gasteiger partial charge < -0.3 is 4.90 Å². The van der Waals surface area contributed by atoms with Gasteiger partial charge in [0.2, 0.25) is 0 Å². The van der Waals surface area contributed by atoms with E-state index in [1.807, 2.05) is 29.3 Å². The van der Waals surface area contributed by atoms with Crippen molar-refractivity contribution in [2.24, 2.45) is 0 Å². The van der Waals surface area contributed by atoms with E-state index in [2.05, 4.69) is 29.9 Å². The van der Waals surface area contributed by atoms with E-state index in [1.165, 1.54) is 5.56 Å². The molecule has 0 saturated carbocycles. The van der Waals surface area contributed by atoms with Crippen molar-refractivity contribution < 1.29 is 4.79 Å². The van der Waals surface area contributed by atoms with Gasteiger partial charge in [-0.15, -0.1) is 0 Å². The fraction of sp³-hybridized carbons (Fsp3) is 0.211. The zero-order chi connectivity index (χ0) is 16.7. The molecule has 120 valence electrons. The Labute approximate surface area is 140 Å². The van der Waals surface area contributed by atoms with Crippen molar-refractivity contribution in [3.8, 4) is 5.82 Å². The molecule has 2 aromatic heterocycles. The molecule has 3 heterocycles. The summed E-state index contributed by atoms with van der Waals surface area (Å²) in [7, 11) is 0. The van der Waals surface area contributed by atoms with Crippen molar-refractivity contribution >= 4 is 11.6 Å². The number of carbonyl (C=O) groups excluding carboxylic acids is 1. The zero-order valence-electron chi connectivity index (χ0n) is 13.7. The Morgan fingerprint density at radius 2 is 2.00 bits per heavy atom. The van der Waals surface area contributed by atoms with Gasteiger partial charge in [-0.2, -0.15) is 0 Å². The molecule has 0 N–H and O–H groups in total. The van der Waals surface area contributed by atoms with E-state index in [4.69, 9.17) is 0 Å². The number of fused-ring (bicyclic) bond motifs is 1. The van der Waals surface area contributed by atoms with Crippen LogP contribution in [0.15, 0.2) is 61.3 Å². The van der Waals surface area contributed by atoms with Crippen LogP contribution in [0, 0.1) is 0 Å². The quantitative estimate of drug-likeness (QED) is 0.729. The number of imidazole rings is 1. The molecule has 5 heteroatoms. The highest BCUT2D eigenvalue weighted by molar-refractivity contribution is 6.07. The summed E-state index contributed by atoms with van der Waals surface area (Å²) in [5.41, 5.74) is 2.78. The smallest absolute Gasteiger partial charge is 0.258 e. The second-order valence-corrected chi connectivity index (χ2v) is 6.66. The summed E-state index contributed by atoms with van der Waals surface area (Å²) in [5.74, 6) is 0.682. The molecule has 0 fully saturated rings. The van der Waals surface area contributed by atoms with Gasteiger partial charge in [0.1, 0.15) is 12.1 Å². The number of benzene rings is 1. The SMILES string of the molecule is CC1(C)CN(C(=O)c2ccnc(-n3ccnc3)c2)c2ccccc21. The topological polar surface area (TPSA) is 51.0 Å². The number of anilines is 1. The van der Waals surface area contributed by atoms with Crippen molar-refractivity contribution in [3.05, 3.63) is 72.4 Å². The normalized spacial score (nSPS) is 15.3. The number of amides is 1. The molecule has 1 aromatic carbocycles. The summed E-state index contributed by atoms with van der Waals surface area (Å²) < 4.78 is 1.79. The van der Waals surface area contributed by atoms with Gasteiger partial charge >= 0.3 is 0 Å². The van der Waals surface area contributed by atoms with E-state index in [0.717, 1.165) is 5.69 Å². The Hall–Kier alpha value is -2.95. The maximum absolute atomic E-state index is 13.1. The lowest BCUT2D eigenvalue weighted by Crippen LogP contribution is -2.34. The summed E-state index contributed by atoms with van der Waals surface area (Å²) in [6.07, 6.45) is 6.83. The highest BCUT2D eigenvalue weighted by atomic mass is 16.2. The average molecular weight is 318 g/mol. The van der Waals surface area contributed by atoms with Gasteiger partial charge in [0, 0.05) is 41.8 Å². The first kappa shape index (κ1) is 14.6. The minimum atomic E-state index is -0.0491. The summed E-state index contributed by atoms with van der Waals surface area (Å²) in [4.78, 5) is 23.3. The van der Waals surface area contributed by atoms with E-state index >= 15 is 0 Å². The molecule has 24 heavy (non-hydrogen) atoms. The number of para-hydroxylation sites is 1. The largest absolute Gasteiger partial charge is 0.307 e. The van der Waals surface area contributed by atoms with Crippen LogP contribution in [0.4, 0.5) is 5.69 Å². The van der Waals surface area contributed by atoms with Crippen LogP contribution in [-0.2, 0) is 5.41 Å². The maximum atomic E-state index is 13.1. The van der Waals surface area contributed by atoms with Crippen molar-refractivity contribution in [2.75, 3.05) is 11.4 Å². The van der Waals surface area contributed by atoms with Crippen LogP contribution in [0.2, 0.25) is 0 Å². The second kappa shape index (κ2) is 5.30. The number of aromatic nitrogens is 3. The lowest BCUT2D eigenvalue weighted by Gasteiger charge is -2.21. The number of nitrogens with zero attached hydrogens (tertiary/aromatic N) is 4. The molecular weight excluding hydrogens is 300 g/mol. The molecule has 0 saturated heterocycles. The van der Waals surface area contributed by atoms with Gasteiger partial charge in [-0.05, 0) is 23.8 Å². The predicted molar refractivity (Wildman–Crippen MR) is 92.5 cm³/mol. The number of hydrogen-bond acceptors (Lipinski definition) is 3. The monoisotopic (exact) mass is 318 g/mol. The lowest BCUT2D eigenvalue weighted by molar-refractivity contribution is 0.0986. The van der Waals surface area contributed by atoms with Crippen LogP contribution in [-0.4, -0.2) is 27.0 Å². The third-order valence-electron chi connectivity index (χ3n) is 4.48. The van der Waals surface area contributed by atoms with E-state index in [1.54, 1.807) is 35.4 Å². The summed E-state index contributed by atoms with van der Waals surface area (Å²) in [6.45, 7) is 5.01. The second-order valence-electron chi connectivity index (χ2n) is 6.66. The average Bonchev–Trinajstić information content (AvgIpc) is 3.22. The van der Waals surface area contributed by atoms with Gasteiger partial charge in [-0.3, -0.25) is 9.36 Å². The van der Waals surface area contributed by atoms with Crippen LogP contribution in [0.1, 0.15) is 29.8 Å². The van der Waals surface area contributed by atoms with E-state index in [0.29, 0.717) is 17.9 Å². The van der Waals surface area contributed by atoms with Crippen LogP contribution in [0.5, 0.6) is 0 Å². The van der Waals surface area contributed by atoms with Gasteiger partial charge in [0.25, 0.3) is 5.91 Å². The molecular formula is C19H18N4O. The Balaban J connectivity index is 1.72. The zero-order valence-corrected chi connectivity index (χ0v) is 13.7. The molecule has 5 nitrogen and oxygen atoms in total.